The summed E-state index contributed by atoms with van der Waals surface area (Å²) in [6, 6.07) is 0. The maximum absolute atomic E-state index is 11.5. The second-order valence-electron chi connectivity index (χ2n) is 1.91. The van der Waals surface area contributed by atoms with Crippen molar-refractivity contribution in [3.63, 3.8) is 0 Å². The average Bonchev–Trinajstić information content (AvgIpc) is 2.02. The van der Waals surface area contributed by atoms with Crippen LogP contribution in [0, 0.1) is 0 Å². The molecule has 0 rings (SSSR count). The van der Waals surface area contributed by atoms with Crippen LogP contribution in [-0.2, 0) is 13.9 Å². The molecule has 0 fully saturated rings. The van der Waals surface area contributed by atoms with Crippen LogP contribution >= 0.6 is 18.1 Å². The van der Waals surface area contributed by atoms with Crippen molar-refractivity contribution in [1.29, 1.82) is 0 Å². The lowest BCUT2D eigenvalue weighted by Gasteiger charge is -2.08. The Hall–Kier alpha value is -0.0800. The summed E-state index contributed by atoms with van der Waals surface area (Å²) >= 11 is 1.08. The molecule has 0 aliphatic carbocycles. The summed E-state index contributed by atoms with van der Waals surface area (Å²) in [6.07, 6.45) is 2.14. The van der Waals surface area contributed by atoms with Gasteiger partial charge in [0.1, 0.15) is 0 Å². The molecule has 0 aliphatic heterocycles. The van der Waals surface area contributed by atoms with Gasteiger partial charge in [-0.25, -0.2) is 4.79 Å². The van der Waals surface area contributed by atoms with Crippen molar-refractivity contribution in [1.82, 2.24) is 0 Å². The minimum absolute atomic E-state index is 0.291. The Bertz CT molecular complexity index is 215. The SMILES string of the molecule is CCCSP(=O)(N=C=O)OCC. The van der Waals surface area contributed by atoms with E-state index in [0.717, 1.165) is 17.8 Å². The normalized spacial score (nSPS) is 14.8. The summed E-state index contributed by atoms with van der Waals surface area (Å²) in [5.41, 5.74) is 0. The molecule has 0 saturated heterocycles. The Morgan fingerprint density at radius 3 is 2.67 bits per heavy atom. The highest BCUT2D eigenvalue weighted by Crippen LogP contribution is 2.60. The molecule has 0 aromatic carbocycles. The van der Waals surface area contributed by atoms with Gasteiger partial charge >= 0.3 is 6.72 Å². The van der Waals surface area contributed by atoms with Crippen molar-refractivity contribution in [2.75, 3.05) is 12.4 Å². The molecule has 6 heteroatoms. The van der Waals surface area contributed by atoms with Gasteiger partial charge < -0.3 is 4.52 Å². The first-order valence-electron chi connectivity index (χ1n) is 3.67. The zero-order valence-electron chi connectivity index (χ0n) is 7.15. The van der Waals surface area contributed by atoms with Crippen LogP contribution in [0.3, 0.4) is 0 Å². The van der Waals surface area contributed by atoms with E-state index in [1.54, 1.807) is 6.92 Å². The molecule has 0 amide bonds. The summed E-state index contributed by atoms with van der Waals surface area (Å²) in [5.74, 6) is 0.669. The highest BCUT2D eigenvalue weighted by atomic mass is 32.7. The average molecular weight is 209 g/mol. The van der Waals surface area contributed by atoms with E-state index in [0.29, 0.717) is 12.4 Å². The van der Waals surface area contributed by atoms with Gasteiger partial charge in [0.15, 0.2) is 0 Å². The lowest BCUT2D eigenvalue weighted by Crippen LogP contribution is -1.84. The number of isocyanates is 1. The van der Waals surface area contributed by atoms with Gasteiger partial charge in [0.05, 0.1) is 6.61 Å². The lowest BCUT2D eigenvalue weighted by atomic mass is 10.6. The van der Waals surface area contributed by atoms with E-state index in [1.165, 1.54) is 6.08 Å². The molecule has 4 nitrogen and oxygen atoms in total. The number of rotatable bonds is 6. The van der Waals surface area contributed by atoms with Crippen molar-refractivity contribution < 1.29 is 13.9 Å². The van der Waals surface area contributed by atoms with E-state index in [4.69, 9.17) is 4.52 Å². The fraction of sp³-hybridized carbons (Fsp3) is 0.833. The van der Waals surface area contributed by atoms with Crippen LogP contribution in [0.2, 0.25) is 0 Å². The molecule has 0 saturated carbocycles. The number of carbonyl (C=O) groups excluding carboxylic acids is 1. The molecule has 1 unspecified atom stereocenters. The first kappa shape index (κ1) is 11.9. The van der Waals surface area contributed by atoms with Crippen LogP contribution in [0.25, 0.3) is 0 Å². The van der Waals surface area contributed by atoms with Gasteiger partial charge in [-0.3, -0.25) is 4.57 Å². The van der Waals surface area contributed by atoms with E-state index in [2.05, 4.69) is 4.76 Å². The Morgan fingerprint density at radius 1 is 1.58 bits per heavy atom. The maximum Gasteiger partial charge on any atom is 0.382 e. The second kappa shape index (κ2) is 6.44. The summed E-state index contributed by atoms with van der Waals surface area (Å²) in [4.78, 5) is 9.90. The zero-order chi connectivity index (χ0) is 9.45. The second-order valence-corrected chi connectivity index (χ2v) is 6.13. The summed E-state index contributed by atoms with van der Waals surface area (Å²) in [6.45, 7) is 0.833. The molecule has 0 radical (unpaired) electrons. The van der Waals surface area contributed by atoms with Crippen molar-refractivity contribution in [3.05, 3.63) is 0 Å². The molecule has 70 valence electrons. The van der Waals surface area contributed by atoms with Crippen molar-refractivity contribution in [2.24, 2.45) is 4.76 Å². The monoisotopic (exact) mass is 209 g/mol. The highest BCUT2D eigenvalue weighted by Gasteiger charge is 2.21. The van der Waals surface area contributed by atoms with Crippen LogP contribution in [-0.4, -0.2) is 18.4 Å². The van der Waals surface area contributed by atoms with Gasteiger partial charge in [0, 0.05) is 5.75 Å². The Balaban J connectivity index is 4.18. The zero-order valence-corrected chi connectivity index (χ0v) is 8.86. The molecule has 0 N–H and O–H groups in total. The quantitative estimate of drug-likeness (QED) is 0.383. The van der Waals surface area contributed by atoms with Gasteiger partial charge in [-0.05, 0) is 24.7 Å². The molecule has 0 aliphatic rings. The van der Waals surface area contributed by atoms with E-state index >= 15 is 0 Å². The molecule has 0 aromatic rings. The third-order valence-corrected chi connectivity index (χ3v) is 4.83. The Kier molecular flexibility index (Phi) is 6.39. The third-order valence-electron chi connectivity index (χ3n) is 0.914. The summed E-state index contributed by atoms with van der Waals surface area (Å²) < 4.78 is 19.5. The predicted molar refractivity (Wildman–Crippen MR) is 50.1 cm³/mol. The van der Waals surface area contributed by atoms with Crippen molar-refractivity contribution in [3.8, 4) is 0 Å². The molecular formula is C6H12NO3PS. The third kappa shape index (κ3) is 4.73. The fourth-order valence-electron chi connectivity index (χ4n) is 0.515. The summed E-state index contributed by atoms with van der Waals surface area (Å²) in [7, 11) is 0. The van der Waals surface area contributed by atoms with Crippen LogP contribution < -0.4 is 0 Å². The van der Waals surface area contributed by atoms with E-state index in [-0.39, 0.29) is 0 Å². The van der Waals surface area contributed by atoms with Crippen molar-refractivity contribution in [2.45, 2.75) is 20.3 Å². The van der Waals surface area contributed by atoms with Crippen molar-refractivity contribution >= 4 is 24.2 Å². The topological polar surface area (TPSA) is 55.7 Å². The van der Waals surface area contributed by atoms with E-state index < -0.39 is 6.72 Å². The van der Waals surface area contributed by atoms with Gasteiger partial charge in [0.2, 0.25) is 6.08 Å². The van der Waals surface area contributed by atoms with Gasteiger partial charge in [0.25, 0.3) is 0 Å². The Morgan fingerprint density at radius 2 is 2.25 bits per heavy atom. The first-order chi connectivity index (χ1) is 5.68. The number of hydrogen-bond acceptors (Lipinski definition) is 4. The van der Waals surface area contributed by atoms with Crippen LogP contribution in [0.15, 0.2) is 4.76 Å². The summed E-state index contributed by atoms with van der Waals surface area (Å²) in [5, 5.41) is 0. The van der Waals surface area contributed by atoms with Crippen LogP contribution in [0.5, 0.6) is 0 Å². The first-order valence-corrected chi connectivity index (χ1v) is 6.84. The van der Waals surface area contributed by atoms with Gasteiger partial charge in [-0.2, -0.15) is 0 Å². The number of nitrogens with zero attached hydrogens (tertiary/aromatic N) is 1. The molecule has 0 spiro atoms. The van der Waals surface area contributed by atoms with E-state index in [1.807, 2.05) is 6.92 Å². The highest BCUT2D eigenvalue weighted by molar-refractivity contribution is 8.56. The standard InChI is InChI=1S/C6H12NO3PS/c1-3-5-12-11(9,7-6-8)10-4-2/h3-5H2,1-2H3. The fourth-order valence-corrected chi connectivity index (χ4v) is 3.60. The largest absolute Gasteiger partial charge is 0.382 e. The van der Waals surface area contributed by atoms with Crippen LogP contribution in [0.4, 0.5) is 0 Å². The Labute approximate surface area is 76.0 Å². The van der Waals surface area contributed by atoms with E-state index in [9.17, 15) is 9.36 Å². The predicted octanol–water partition coefficient (Wildman–Crippen LogP) is 2.61. The maximum atomic E-state index is 11.5. The molecule has 0 heterocycles. The molecule has 1 atom stereocenters. The minimum atomic E-state index is -3.12. The molecule has 12 heavy (non-hydrogen) atoms. The molecule has 0 bridgehead atoms. The smallest absolute Gasteiger partial charge is 0.304 e. The van der Waals surface area contributed by atoms with Crippen LogP contribution in [0.1, 0.15) is 20.3 Å². The lowest BCUT2D eigenvalue weighted by molar-refractivity contribution is 0.346. The molecule has 0 aromatic heterocycles. The number of hydrogen-bond donors (Lipinski definition) is 0. The van der Waals surface area contributed by atoms with Gasteiger partial charge in [-0.15, -0.1) is 4.76 Å². The molecular weight excluding hydrogens is 197 g/mol. The minimum Gasteiger partial charge on any atom is -0.304 e. The van der Waals surface area contributed by atoms with Gasteiger partial charge in [-0.1, -0.05) is 6.92 Å².